The number of pyridine rings is 1. The van der Waals surface area contributed by atoms with Crippen molar-refractivity contribution in [3.05, 3.63) is 54.4 Å². The van der Waals surface area contributed by atoms with Crippen LogP contribution in [-0.2, 0) is 0 Å². The van der Waals surface area contributed by atoms with Gasteiger partial charge in [0.05, 0.1) is 36.4 Å². The Kier molecular flexibility index (Phi) is 7.35. The molecule has 0 saturated heterocycles. The molecular formula is C23H26N6O2. The van der Waals surface area contributed by atoms with E-state index in [4.69, 9.17) is 9.84 Å². The summed E-state index contributed by atoms with van der Waals surface area (Å²) in [5, 5.41) is 21.7. The predicted octanol–water partition coefficient (Wildman–Crippen LogP) is 3.62. The lowest BCUT2D eigenvalue weighted by atomic mass is 10.1. The molecule has 3 aromatic rings. The monoisotopic (exact) mass is 418 g/mol. The van der Waals surface area contributed by atoms with E-state index >= 15 is 0 Å². The van der Waals surface area contributed by atoms with Crippen LogP contribution in [0.3, 0.4) is 0 Å². The molecule has 3 rings (SSSR count). The zero-order valence-electron chi connectivity index (χ0n) is 17.9. The van der Waals surface area contributed by atoms with E-state index in [9.17, 15) is 5.26 Å². The molecule has 2 aromatic heterocycles. The second kappa shape index (κ2) is 10.4. The van der Waals surface area contributed by atoms with Crippen LogP contribution in [0.4, 0.5) is 17.5 Å². The van der Waals surface area contributed by atoms with Crippen molar-refractivity contribution in [1.29, 1.82) is 5.26 Å². The van der Waals surface area contributed by atoms with Gasteiger partial charge in [0, 0.05) is 25.4 Å². The molecular weight excluding hydrogens is 392 g/mol. The van der Waals surface area contributed by atoms with Gasteiger partial charge in [-0.3, -0.25) is 0 Å². The number of aromatic nitrogens is 3. The molecule has 0 unspecified atom stereocenters. The number of ether oxygens (including phenoxy) is 1. The van der Waals surface area contributed by atoms with Crippen molar-refractivity contribution < 1.29 is 9.84 Å². The quantitative estimate of drug-likeness (QED) is 0.543. The van der Waals surface area contributed by atoms with Crippen LogP contribution in [0.5, 0.6) is 5.75 Å². The van der Waals surface area contributed by atoms with E-state index < -0.39 is 0 Å². The van der Waals surface area contributed by atoms with Gasteiger partial charge in [-0.25, -0.2) is 15.0 Å². The second-order valence-electron chi connectivity index (χ2n) is 7.47. The first kappa shape index (κ1) is 22.0. The van der Waals surface area contributed by atoms with Crippen LogP contribution in [0.1, 0.15) is 19.4 Å². The highest BCUT2D eigenvalue weighted by Gasteiger charge is 2.10. The molecule has 0 atom stereocenters. The molecule has 0 fully saturated rings. The molecule has 0 aliphatic rings. The number of anilines is 3. The van der Waals surface area contributed by atoms with Crippen molar-refractivity contribution in [3.63, 3.8) is 0 Å². The summed E-state index contributed by atoms with van der Waals surface area (Å²) < 4.78 is 5.73. The van der Waals surface area contributed by atoms with Crippen molar-refractivity contribution in [3.8, 4) is 23.1 Å². The average molecular weight is 419 g/mol. The minimum Gasteiger partial charge on any atom is -0.492 e. The van der Waals surface area contributed by atoms with Gasteiger partial charge in [0.15, 0.2) is 0 Å². The smallest absolute Gasteiger partial charge is 0.227 e. The number of nitriles is 1. The van der Waals surface area contributed by atoms with Gasteiger partial charge >= 0.3 is 0 Å². The molecule has 160 valence electrons. The highest BCUT2D eigenvalue weighted by Crippen LogP contribution is 2.26. The van der Waals surface area contributed by atoms with Gasteiger partial charge in [0.25, 0.3) is 0 Å². The number of benzene rings is 1. The summed E-state index contributed by atoms with van der Waals surface area (Å²) in [5.74, 6) is 2.14. The van der Waals surface area contributed by atoms with Gasteiger partial charge in [-0.05, 0) is 42.3 Å². The van der Waals surface area contributed by atoms with Crippen molar-refractivity contribution in [2.45, 2.75) is 13.8 Å². The SMILES string of the molecule is CC(C)COc1ccc(-c2ccnc(Nc3ccc(N(C)CCO)nc3)n2)cc1C#N. The maximum atomic E-state index is 9.50. The van der Waals surface area contributed by atoms with Crippen LogP contribution in [0.2, 0.25) is 0 Å². The summed E-state index contributed by atoms with van der Waals surface area (Å²) >= 11 is 0. The molecule has 0 radical (unpaired) electrons. The number of rotatable bonds is 9. The molecule has 0 spiro atoms. The third-order valence-electron chi connectivity index (χ3n) is 4.45. The molecule has 8 heteroatoms. The van der Waals surface area contributed by atoms with E-state index in [-0.39, 0.29) is 6.61 Å². The van der Waals surface area contributed by atoms with Gasteiger partial charge < -0.3 is 20.1 Å². The third-order valence-corrected chi connectivity index (χ3v) is 4.45. The molecule has 0 aliphatic heterocycles. The number of hydrogen-bond acceptors (Lipinski definition) is 8. The zero-order valence-corrected chi connectivity index (χ0v) is 17.9. The number of nitrogens with one attached hydrogen (secondary N) is 1. The topological polar surface area (TPSA) is 107 Å². The Morgan fingerprint density at radius 3 is 2.71 bits per heavy atom. The lowest BCUT2D eigenvalue weighted by Gasteiger charge is -2.16. The average Bonchev–Trinajstić information content (AvgIpc) is 2.78. The number of hydrogen-bond donors (Lipinski definition) is 2. The van der Waals surface area contributed by atoms with E-state index in [2.05, 4.69) is 40.2 Å². The molecule has 0 saturated carbocycles. The van der Waals surface area contributed by atoms with E-state index in [0.717, 1.165) is 17.1 Å². The molecule has 0 amide bonds. The fourth-order valence-electron chi connectivity index (χ4n) is 2.82. The van der Waals surface area contributed by atoms with Gasteiger partial charge in [0.1, 0.15) is 17.6 Å². The number of aliphatic hydroxyl groups is 1. The fraction of sp³-hybridized carbons (Fsp3) is 0.304. The Hall–Kier alpha value is -3.70. The standard InChI is InChI=1S/C23H26N6O2/c1-16(2)15-31-21-6-4-17(12-18(21)13-24)20-8-9-25-23(28-20)27-19-5-7-22(26-14-19)29(3)10-11-30/h4-9,12,14,16,30H,10-11,15H2,1-3H3,(H,25,27,28). The van der Waals surface area contributed by atoms with Crippen molar-refractivity contribution in [1.82, 2.24) is 15.0 Å². The minimum absolute atomic E-state index is 0.0666. The Morgan fingerprint density at radius 2 is 2.03 bits per heavy atom. The van der Waals surface area contributed by atoms with Gasteiger partial charge in [0.2, 0.25) is 5.95 Å². The summed E-state index contributed by atoms with van der Waals surface area (Å²) in [6.07, 6.45) is 3.35. The number of likely N-dealkylation sites (N-methyl/N-ethyl adjacent to an activating group) is 1. The molecule has 0 bridgehead atoms. The molecule has 0 aliphatic carbocycles. The molecule has 31 heavy (non-hydrogen) atoms. The minimum atomic E-state index is 0.0666. The van der Waals surface area contributed by atoms with E-state index in [0.29, 0.717) is 42.0 Å². The summed E-state index contributed by atoms with van der Waals surface area (Å²) in [7, 11) is 1.87. The molecule has 2 N–H and O–H groups in total. The van der Waals surface area contributed by atoms with Crippen LogP contribution in [0.25, 0.3) is 11.3 Å². The molecule has 2 heterocycles. The molecule has 8 nitrogen and oxygen atoms in total. The Morgan fingerprint density at radius 1 is 1.19 bits per heavy atom. The predicted molar refractivity (Wildman–Crippen MR) is 120 cm³/mol. The van der Waals surface area contributed by atoms with Crippen LogP contribution in [0.15, 0.2) is 48.8 Å². The lowest BCUT2D eigenvalue weighted by Crippen LogP contribution is -2.22. The largest absolute Gasteiger partial charge is 0.492 e. The maximum absolute atomic E-state index is 9.50. The fourth-order valence-corrected chi connectivity index (χ4v) is 2.82. The third kappa shape index (κ3) is 5.90. The van der Waals surface area contributed by atoms with Crippen LogP contribution in [-0.4, -0.2) is 46.9 Å². The first-order chi connectivity index (χ1) is 15.0. The van der Waals surface area contributed by atoms with Crippen molar-refractivity contribution in [2.75, 3.05) is 37.0 Å². The van der Waals surface area contributed by atoms with E-state index in [1.54, 1.807) is 30.6 Å². The highest BCUT2D eigenvalue weighted by atomic mass is 16.5. The zero-order chi connectivity index (χ0) is 22.2. The number of aliphatic hydroxyl groups excluding tert-OH is 1. The van der Waals surface area contributed by atoms with Gasteiger partial charge in [-0.1, -0.05) is 13.8 Å². The summed E-state index contributed by atoms with van der Waals surface area (Å²) in [5.41, 5.74) is 2.71. The first-order valence-corrected chi connectivity index (χ1v) is 10.1. The Bertz CT molecular complexity index is 1050. The molecule has 1 aromatic carbocycles. The summed E-state index contributed by atoms with van der Waals surface area (Å²) in [4.78, 5) is 15.1. The van der Waals surface area contributed by atoms with Gasteiger partial charge in [-0.15, -0.1) is 0 Å². The van der Waals surface area contributed by atoms with Gasteiger partial charge in [-0.2, -0.15) is 5.26 Å². The maximum Gasteiger partial charge on any atom is 0.227 e. The first-order valence-electron chi connectivity index (χ1n) is 10.1. The van der Waals surface area contributed by atoms with Crippen LogP contribution < -0.4 is 15.0 Å². The van der Waals surface area contributed by atoms with E-state index in [1.165, 1.54) is 0 Å². The van der Waals surface area contributed by atoms with Crippen molar-refractivity contribution in [2.24, 2.45) is 5.92 Å². The Balaban J connectivity index is 1.76. The summed E-state index contributed by atoms with van der Waals surface area (Å²) in [6, 6.07) is 13.2. The van der Waals surface area contributed by atoms with E-state index in [1.807, 2.05) is 30.1 Å². The second-order valence-corrected chi connectivity index (χ2v) is 7.47. The lowest BCUT2D eigenvalue weighted by molar-refractivity contribution is 0.270. The van der Waals surface area contributed by atoms with Crippen LogP contribution >= 0.6 is 0 Å². The number of nitrogens with zero attached hydrogens (tertiary/aromatic N) is 5. The normalized spacial score (nSPS) is 10.6. The summed E-state index contributed by atoms with van der Waals surface area (Å²) in [6.45, 7) is 5.25. The highest BCUT2D eigenvalue weighted by molar-refractivity contribution is 5.66. The van der Waals surface area contributed by atoms with Crippen molar-refractivity contribution >= 4 is 17.5 Å². The Labute approximate surface area is 182 Å². The van der Waals surface area contributed by atoms with Crippen LogP contribution in [0, 0.1) is 17.2 Å².